The van der Waals surface area contributed by atoms with Gasteiger partial charge in [0.1, 0.15) is 11.0 Å². The number of hydrogen-bond donors (Lipinski definition) is 1. The molecule has 43 heavy (non-hydrogen) atoms. The van der Waals surface area contributed by atoms with E-state index < -0.39 is 11.2 Å². The molecule has 2 amide bonds. The van der Waals surface area contributed by atoms with Gasteiger partial charge in [-0.1, -0.05) is 67.7 Å². The number of ether oxygens (including phenoxy) is 2. The number of benzene rings is 3. The largest absolute Gasteiger partial charge is 0.494 e. The van der Waals surface area contributed by atoms with Crippen LogP contribution in [0.2, 0.25) is 5.02 Å². The average Bonchev–Trinajstić information content (AvgIpc) is 3.01. The highest BCUT2D eigenvalue weighted by Gasteiger charge is 2.36. The fraction of sp³-hybridized carbons (Fsp3) is 0.333. The van der Waals surface area contributed by atoms with Crippen molar-refractivity contribution in [3.8, 4) is 5.75 Å². The highest BCUT2D eigenvalue weighted by molar-refractivity contribution is 8.15. The van der Waals surface area contributed by atoms with Crippen LogP contribution in [0.1, 0.15) is 61.9 Å². The van der Waals surface area contributed by atoms with Gasteiger partial charge in [-0.05, 0) is 73.5 Å². The number of rotatable bonds is 13. The molecule has 1 heterocycles. The van der Waals surface area contributed by atoms with E-state index in [1.165, 1.54) is 24.6 Å². The topological polar surface area (TPSA) is 97.3 Å². The molecule has 1 N–H and O–H groups in total. The van der Waals surface area contributed by atoms with Crippen LogP contribution in [-0.2, 0) is 20.9 Å². The summed E-state index contributed by atoms with van der Waals surface area (Å²) in [6, 6.07) is 21.1. The summed E-state index contributed by atoms with van der Waals surface area (Å²) in [5, 5.41) is 3.13. The Bertz CT molecular complexity index is 1430. The normalized spacial score (nSPS) is 15.8. The van der Waals surface area contributed by atoms with Crippen LogP contribution in [0, 0.1) is 0 Å². The molecule has 0 saturated carbocycles. The SMILES string of the molecule is CCCCCCOc1ccc(NC(=O)C2CC(=O)N(Cc3ccccc3Cl)C(=Nc3ccc(C(=O)OCC)cc3)S2)cc1. The number of halogens is 1. The molecule has 10 heteroatoms. The second-order valence-corrected chi connectivity index (χ2v) is 11.5. The minimum atomic E-state index is -0.693. The molecule has 0 aliphatic carbocycles. The van der Waals surface area contributed by atoms with Crippen molar-refractivity contribution < 1.29 is 23.9 Å². The maximum atomic E-state index is 13.4. The highest BCUT2D eigenvalue weighted by Crippen LogP contribution is 2.32. The molecule has 1 aliphatic heterocycles. The summed E-state index contributed by atoms with van der Waals surface area (Å²) < 4.78 is 10.9. The van der Waals surface area contributed by atoms with Gasteiger partial charge in [0, 0.05) is 17.1 Å². The summed E-state index contributed by atoms with van der Waals surface area (Å²) in [5.41, 5.74) is 2.30. The summed E-state index contributed by atoms with van der Waals surface area (Å²) in [6.45, 7) is 5.06. The Kier molecular flexibility index (Phi) is 12.1. The second-order valence-electron chi connectivity index (χ2n) is 9.97. The Labute approximate surface area is 261 Å². The fourth-order valence-corrected chi connectivity index (χ4v) is 5.66. The van der Waals surface area contributed by atoms with Crippen LogP contribution in [0.3, 0.4) is 0 Å². The molecule has 1 fully saturated rings. The van der Waals surface area contributed by atoms with E-state index in [-0.39, 0.29) is 31.4 Å². The van der Waals surface area contributed by atoms with Crippen LogP contribution in [0.25, 0.3) is 0 Å². The summed E-state index contributed by atoms with van der Waals surface area (Å²) in [4.78, 5) is 45.1. The Morgan fingerprint density at radius 2 is 1.74 bits per heavy atom. The molecular formula is C33H36ClN3O5S. The minimum Gasteiger partial charge on any atom is -0.494 e. The Morgan fingerprint density at radius 1 is 1.00 bits per heavy atom. The molecule has 1 unspecified atom stereocenters. The van der Waals surface area contributed by atoms with E-state index in [4.69, 9.17) is 26.1 Å². The van der Waals surface area contributed by atoms with Gasteiger partial charge in [0.2, 0.25) is 11.8 Å². The van der Waals surface area contributed by atoms with Gasteiger partial charge in [0.25, 0.3) is 0 Å². The molecule has 8 nitrogen and oxygen atoms in total. The summed E-state index contributed by atoms with van der Waals surface area (Å²) in [6.07, 6.45) is 4.52. The van der Waals surface area contributed by atoms with Gasteiger partial charge in [-0.15, -0.1) is 0 Å². The van der Waals surface area contributed by atoms with Crippen molar-refractivity contribution >= 4 is 57.7 Å². The zero-order valence-electron chi connectivity index (χ0n) is 24.4. The molecule has 1 aliphatic rings. The van der Waals surface area contributed by atoms with E-state index in [1.54, 1.807) is 54.3 Å². The number of esters is 1. The molecule has 0 radical (unpaired) electrons. The van der Waals surface area contributed by atoms with Gasteiger partial charge in [0.15, 0.2) is 5.17 Å². The quantitative estimate of drug-likeness (QED) is 0.156. The number of hydrogen-bond acceptors (Lipinski definition) is 7. The standard InChI is InChI=1S/C33H36ClN3O5S/c1-3-5-6-9-20-42-27-18-16-25(17-19-27)35-31(39)29-21-30(38)37(22-24-10-7-8-11-28(24)34)33(43-29)36-26-14-12-23(13-15-26)32(40)41-4-2/h7-8,10-19,29H,3-6,9,20-22H2,1-2H3,(H,35,39). The predicted molar refractivity (Wildman–Crippen MR) is 172 cm³/mol. The van der Waals surface area contributed by atoms with E-state index in [0.717, 1.165) is 24.2 Å². The lowest BCUT2D eigenvalue weighted by atomic mass is 10.2. The smallest absolute Gasteiger partial charge is 0.338 e. The molecule has 3 aromatic rings. The number of aliphatic imine (C=N–C) groups is 1. The van der Waals surface area contributed by atoms with E-state index in [2.05, 4.69) is 12.2 Å². The van der Waals surface area contributed by atoms with Gasteiger partial charge in [0.05, 0.1) is 31.0 Å². The van der Waals surface area contributed by atoms with Gasteiger partial charge in [-0.3, -0.25) is 14.5 Å². The van der Waals surface area contributed by atoms with Crippen molar-refractivity contribution in [2.75, 3.05) is 18.5 Å². The number of amidine groups is 1. The molecule has 1 saturated heterocycles. The number of carbonyl (C=O) groups is 3. The molecule has 226 valence electrons. The Morgan fingerprint density at radius 3 is 2.44 bits per heavy atom. The van der Waals surface area contributed by atoms with Crippen LogP contribution in [0.15, 0.2) is 77.8 Å². The summed E-state index contributed by atoms with van der Waals surface area (Å²) in [5.74, 6) is -0.218. The van der Waals surface area contributed by atoms with Crippen molar-refractivity contribution in [1.29, 1.82) is 0 Å². The Hall–Kier alpha value is -3.82. The highest BCUT2D eigenvalue weighted by atomic mass is 35.5. The third-order valence-corrected chi connectivity index (χ3v) is 8.27. The lowest BCUT2D eigenvalue weighted by molar-refractivity contribution is -0.129. The number of unbranched alkanes of at least 4 members (excludes halogenated alkanes) is 3. The van der Waals surface area contributed by atoms with Crippen molar-refractivity contribution in [3.05, 3.63) is 88.9 Å². The monoisotopic (exact) mass is 621 g/mol. The molecule has 0 aromatic heterocycles. The lowest BCUT2D eigenvalue weighted by Gasteiger charge is -2.32. The third kappa shape index (κ3) is 9.33. The van der Waals surface area contributed by atoms with Crippen LogP contribution >= 0.6 is 23.4 Å². The average molecular weight is 622 g/mol. The number of nitrogens with zero attached hydrogens (tertiary/aromatic N) is 2. The van der Waals surface area contributed by atoms with E-state index in [1.807, 2.05) is 30.3 Å². The maximum Gasteiger partial charge on any atom is 0.338 e. The zero-order valence-corrected chi connectivity index (χ0v) is 26.0. The first-order chi connectivity index (χ1) is 20.9. The van der Waals surface area contributed by atoms with Gasteiger partial charge in [-0.25, -0.2) is 9.79 Å². The maximum absolute atomic E-state index is 13.4. The molecule has 3 aromatic carbocycles. The molecule has 0 bridgehead atoms. The van der Waals surface area contributed by atoms with Gasteiger partial charge < -0.3 is 14.8 Å². The van der Waals surface area contributed by atoms with Crippen LogP contribution < -0.4 is 10.1 Å². The first kappa shape index (κ1) is 32.1. The first-order valence-electron chi connectivity index (χ1n) is 14.5. The second kappa shape index (κ2) is 16.1. The third-order valence-electron chi connectivity index (χ3n) is 6.71. The number of anilines is 1. The number of thioether (sulfide) groups is 1. The van der Waals surface area contributed by atoms with Crippen LogP contribution in [0.5, 0.6) is 5.75 Å². The van der Waals surface area contributed by atoms with Gasteiger partial charge in [-0.2, -0.15) is 0 Å². The van der Waals surface area contributed by atoms with E-state index in [0.29, 0.717) is 33.7 Å². The minimum absolute atomic E-state index is 0.000718. The predicted octanol–water partition coefficient (Wildman–Crippen LogP) is 7.64. The fourth-order valence-electron chi connectivity index (χ4n) is 4.37. The number of nitrogens with one attached hydrogen (secondary N) is 1. The van der Waals surface area contributed by atoms with E-state index in [9.17, 15) is 14.4 Å². The van der Waals surface area contributed by atoms with Crippen molar-refractivity contribution in [1.82, 2.24) is 4.90 Å². The van der Waals surface area contributed by atoms with Gasteiger partial charge >= 0.3 is 5.97 Å². The van der Waals surface area contributed by atoms with Crippen LogP contribution in [0.4, 0.5) is 11.4 Å². The van der Waals surface area contributed by atoms with Crippen molar-refractivity contribution in [2.24, 2.45) is 4.99 Å². The first-order valence-corrected chi connectivity index (χ1v) is 15.7. The molecule has 0 spiro atoms. The molecule has 1 atom stereocenters. The van der Waals surface area contributed by atoms with Crippen LogP contribution in [-0.4, -0.2) is 46.3 Å². The van der Waals surface area contributed by atoms with E-state index >= 15 is 0 Å². The van der Waals surface area contributed by atoms with Crippen molar-refractivity contribution in [3.63, 3.8) is 0 Å². The number of carbonyl (C=O) groups excluding carboxylic acids is 3. The Balaban J connectivity index is 1.48. The molecule has 4 rings (SSSR count). The molecular weight excluding hydrogens is 586 g/mol. The summed E-state index contributed by atoms with van der Waals surface area (Å²) >= 11 is 7.61. The van der Waals surface area contributed by atoms with Crippen molar-refractivity contribution in [2.45, 2.75) is 57.7 Å². The zero-order chi connectivity index (χ0) is 30.6. The summed E-state index contributed by atoms with van der Waals surface area (Å²) in [7, 11) is 0. The lowest BCUT2D eigenvalue weighted by Crippen LogP contribution is -2.44. The number of amides is 2.